The molecule has 2 aliphatic heterocycles. The van der Waals surface area contributed by atoms with E-state index in [1.54, 1.807) is 6.20 Å². The summed E-state index contributed by atoms with van der Waals surface area (Å²) in [5.74, 6) is 0.450. The van der Waals surface area contributed by atoms with Crippen molar-refractivity contribution < 1.29 is 14.3 Å². The first-order valence-electron chi connectivity index (χ1n) is 11.4. The average molecular weight is 478 g/mol. The molecular formula is C25H24ClN5O3. The molecule has 0 aliphatic carbocycles. The van der Waals surface area contributed by atoms with Gasteiger partial charge in [0.25, 0.3) is 5.91 Å². The van der Waals surface area contributed by atoms with Crippen molar-refractivity contribution in [1.29, 1.82) is 0 Å². The maximum atomic E-state index is 12.6. The smallest absolute Gasteiger partial charge is 0.251 e. The molecule has 0 radical (unpaired) electrons. The summed E-state index contributed by atoms with van der Waals surface area (Å²) in [6, 6.07) is 11.7. The van der Waals surface area contributed by atoms with Crippen LogP contribution in [-0.4, -0.2) is 60.0 Å². The van der Waals surface area contributed by atoms with E-state index in [-0.39, 0.29) is 5.92 Å². The number of hydrogen-bond donors (Lipinski definition) is 1. The molecule has 2 aliphatic rings. The number of imidazole rings is 1. The quantitative estimate of drug-likeness (QED) is 0.482. The molecule has 2 saturated heterocycles. The molecule has 2 aromatic heterocycles. The minimum absolute atomic E-state index is 0.0994. The molecule has 4 heterocycles. The highest BCUT2D eigenvalue weighted by Crippen LogP contribution is 2.37. The number of aromatic nitrogens is 3. The molecular weight excluding hydrogens is 454 g/mol. The third kappa shape index (κ3) is 3.50. The van der Waals surface area contributed by atoms with Crippen LogP contribution in [0, 0.1) is 0 Å². The third-order valence-corrected chi connectivity index (χ3v) is 6.95. The molecule has 2 aromatic carbocycles. The van der Waals surface area contributed by atoms with E-state index < -0.39 is 5.91 Å². The van der Waals surface area contributed by atoms with Crippen molar-refractivity contribution >= 4 is 45.1 Å². The number of amides is 1. The van der Waals surface area contributed by atoms with Crippen molar-refractivity contribution in [3.8, 4) is 5.69 Å². The Morgan fingerprint density at radius 1 is 1.09 bits per heavy atom. The maximum absolute atomic E-state index is 12.6. The molecule has 1 amide bonds. The summed E-state index contributed by atoms with van der Waals surface area (Å²) in [4.78, 5) is 24.3. The van der Waals surface area contributed by atoms with E-state index in [2.05, 4.69) is 20.5 Å². The molecule has 1 unspecified atom stereocenters. The Kier molecular flexibility index (Phi) is 5.36. The van der Waals surface area contributed by atoms with E-state index >= 15 is 0 Å². The van der Waals surface area contributed by atoms with Gasteiger partial charge >= 0.3 is 0 Å². The first-order chi connectivity index (χ1) is 16.6. The summed E-state index contributed by atoms with van der Waals surface area (Å²) >= 11 is 6.48. The first kappa shape index (κ1) is 21.3. The van der Waals surface area contributed by atoms with E-state index in [1.807, 2.05) is 30.3 Å². The number of hydrogen-bond acceptors (Lipinski definition) is 6. The van der Waals surface area contributed by atoms with Crippen molar-refractivity contribution in [1.82, 2.24) is 14.5 Å². The molecule has 9 heteroatoms. The van der Waals surface area contributed by atoms with Crippen LogP contribution in [0.1, 0.15) is 28.5 Å². The Hall–Kier alpha value is -3.20. The second-order valence-electron chi connectivity index (χ2n) is 8.66. The zero-order valence-electron chi connectivity index (χ0n) is 18.5. The molecule has 4 aromatic rings. The van der Waals surface area contributed by atoms with Gasteiger partial charge in [0.1, 0.15) is 11.3 Å². The Balaban J connectivity index is 1.68. The van der Waals surface area contributed by atoms with Crippen LogP contribution >= 0.6 is 11.6 Å². The molecule has 0 spiro atoms. The number of rotatable bonds is 4. The molecule has 2 fully saturated rings. The topological polar surface area (TPSA) is 95.5 Å². The number of morpholine rings is 1. The zero-order chi connectivity index (χ0) is 23.2. The molecule has 1 atom stereocenters. The number of halogens is 1. The highest BCUT2D eigenvalue weighted by Gasteiger charge is 2.28. The lowest BCUT2D eigenvalue weighted by Crippen LogP contribution is -2.36. The highest BCUT2D eigenvalue weighted by atomic mass is 35.5. The molecule has 0 bridgehead atoms. The van der Waals surface area contributed by atoms with Gasteiger partial charge < -0.3 is 20.1 Å². The van der Waals surface area contributed by atoms with Gasteiger partial charge in [0.05, 0.1) is 47.1 Å². The van der Waals surface area contributed by atoms with Crippen LogP contribution in [0.4, 0.5) is 5.69 Å². The van der Waals surface area contributed by atoms with Crippen LogP contribution in [-0.2, 0) is 9.47 Å². The molecule has 34 heavy (non-hydrogen) atoms. The zero-order valence-corrected chi connectivity index (χ0v) is 19.3. The molecule has 174 valence electrons. The van der Waals surface area contributed by atoms with Crippen molar-refractivity contribution in [3.05, 3.63) is 59.0 Å². The van der Waals surface area contributed by atoms with Gasteiger partial charge in [0.2, 0.25) is 0 Å². The number of anilines is 1. The lowest BCUT2D eigenvalue weighted by molar-refractivity contribution is 0.100. The Labute approximate surface area is 201 Å². The standard InChI is InChI=1S/C25H24ClN5O3/c26-19-3-1-2-17-20(4-6-28-22(17)19)31-21-13-16(30-7-10-33-11-8-30)12-18(24(27)32)23(21)29-25(31)15-5-9-34-14-15/h1-4,6,12-13,15H,5,7-11,14H2,(H2,27,32). The van der Waals surface area contributed by atoms with Crippen LogP contribution in [0.3, 0.4) is 0 Å². The summed E-state index contributed by atoms with van der Waals surface area (Å²) in [6.07, 6.45) is 2.61. The van der Waals surface area contributed by atoms with Crippen LogP contribution in [0.2, 0.25) is 5.02 Å². The maximum Gasteiger partial charge on any atom is 0.251 e. The van der Waals surface area contributed by atoms with Crippen LogP contribution < -0.4 is 10.6 Å². The summed E-state index contributed by atoms with van der Waals surface area (Å²) < 4.78 is 13.4. The van der Waals surface area contributed by atoms with Crippen molar-refractivity contribution in [2.24, 2.45) is 5.73 Å². The number of carbonyl (C=O) groups is 1. The van der Waals surface area contributed by atoms with Crippen molar-refractivity contribution in [2.75, 3.05) is 44.4 Å². The van der Waals surface area contributed by atoms with Gasteiger partial charge in [-0.25, -0.2) is 4.98 Å². The van der Waals surface area contributed by atoms with Crippen molar-refractivity contribution in [3.63, 3.8) is 0 Å². The van der Waals surface area contributed by atoms with Gasteiger partial charge in [0, 0.05) is 42.9 Å². The average Bonchev–Trinajstić information content (AvgIpc) is 3.52. The number of carbonyl (C=O) groups excluding carboxylic acids is 1. The van der Waals surface area contributed by atoms with Crippen molar-refractivity contribution in [2.45, 2.75) is 12.3 Å². The van der Waals surface area contributed by atoms with Gasteiger partial charge in [0.15, 0.2) is 0 Å². The first-order valence-corrected chi connectivity index (χ1v) is 11.8. The normalized spacial score (nSPS) is 18.7. The van der Waals surface area contributed by atoms with E-state index in [1.165, 1.54) is 0 Å². The fraction of sp³-hybridized carbons (Fsp3) is 0.320. The van der Waals surface area contributed by atoms with Gasteiger partial charge in [-0.2, -0.15) is 0 Å². The monoisotopic (exact) mass is 477 g/mol. The summed E-state index contributed by atoms with van der Waals surface area (Å²) in [5, 5.41) is 1.49. The predicted molar refractivity (Wildman–Crippen MR) is 131 cm³/mol. The molecule has 0 saturated carbocycles. The number of primary amides is 1. The highest BCUT2D eigenvalue weighted by molar-refractivity contribution is 6.35. The second kappa shape index (κ2) is 8.54. The van der Waals surface area contributed by atoms with Crippen LogP contribution in [0.5, 0.6) is 0 Å². The van der Waals surface area contributed by atoms with Gasteiger partial charge in [-0.05, 0) is 30.7 Å². The Bertz CT molecular complexity index is 1410. The number of nitrogens with two attached hydrogens (primary N) is 1. The van der Waals surface area contributed by atoms with E-state index in [4.69, 9.17) is 31.8 Å². The number of nitrogens with zero attached hydrogens (tertiary/aromatic N) is 4. The lowest BCUT2D eigenvalue weighted by atomic mass is 10.1. The van der Waals surface area contributed by atoms with Crippen LogP contribution in [0.25, 0.3) is 27.6 Å². The minimum atomic E-state index is -0.499. The summed E-state index contributed by atoms with van der Waals surface area (Å²) in [7, 11) is 0. The SMILES string of the molecule is NC(=O)c1cc(N2CCOCC2)cc2c1nc(C1CCOC1)n2-c1ccnc2c(Cl)cccc12. The predicted octanol–water partition coefficient (Wildman–Crippen LogP) is 3.67. The summed E-state index contributed by atoms with van der Waals surface area (Å²) in [6.45, 7) is 4.03. The largest absolute Gasteiger partial charge is 0.381 e. The fourth-order valence-electron chi connectivity index (χ4n) is 4.96. The number of benzene rings is 2. The number of para-hydroxylation sites is 1. The van der Waals surface area contributed by atoms with E-state index in [0.717, 1.165) is 53.1 Å². The van der Waals surface area contributed by atoms with Crippen LogP contribution in [0.15, 0.2) is 42.6 Å². The fourth-order valence-corrected chi connectivity index (χ4v) is 5.18. The molecule has 2 N–H and O–H groups in total. The van der Waals surface area contributed by atoms with Gasteiger partial charge in [-0.3, -0.25) is 14.3 Å². The number of ether oxygens (including phenoxy) is 2. The lowest BCUT2D eigenvalue weighted by Gasteiger charge is -2.29. The van der Waals surface area contributed by atoms with Gasteiger partial charge in [-0.15, -0.1) is 0 Å². The summed E-state index contributed by atoms with van der Waals surface area (Å²) in [5.41, 5.74) is 10.2. The third-order valence-electron chi connectivity index (χ3n) is 6.65. The number of pyridine rings is 1. The number of fused-ring (bicyclic) bond motifs is 2. The Morgan fingerprint density at radius 3 is 2.71 bits per heavy atom. The van der Waals surface area contributed by atoms with Gasteiger partial charge in [-0.1, -0.05) is 23.7 Å². The minimum Gasteiger partial charge on any atom is -0.381 e. The second-order valence-corrected chi connectivity index (χ2v) is 9.06. The van der Waals surface area contributed by atoms with E-state index in [9.17, 15) is 4.79 Å². The molecule has 8 nitrogen and oxygen atoms in total. The molecule has 6 rings (SSSR count). The van der Waals surface area contributed by atoms with E-state index in [0.29, 0.717) is 42.5 Å². The Morgan fingerprint density at radius 2 is 1.94 bits per heavy atom.